The Hall–Kier alpha value is 0.130. The lowest BCUT2D eigenvalue weighted by Gasteiger charge is -2.29. The fourth-order valence-corrected chi connectivity index (χ4v) is 5.47. The minimum atomic E-state index is 0.0474. The first kappa shape index (κ1) is 15.5. The second-order valence-electron chi connectivity index (χ2n) is 5.83. The Labute approximate surface area is 125 Å². The molecule has 0 aromatic heterocycles. The van der Waals surface area contributed by atoms with Gasteiger partial charge in [-0.15, -0.1) is 0 Å². The van der Waals surface area contributed by atoms with Gasteiger partial charge in [0.2, 0.25) is 5.91 Å². The molecule has 3 unspecified atom stereocenters. The van der Waals surface area contributed by atoms with Crippen LogP contribution in [0.25, 0.3) is 0 Å². The van der Waals surface area contributed by atoms with Crippen LogP contribution in [0, 0.1) is 5.92 Å². The Balaban J connectivity index is 1.94. The number of rotatable bonds is 5. The summed E-state index contributed by atoms with van der Waals surface area (Å²) in [5.41, 5.74) is 0. The highest BCUT2D eigenvalue weighted by atomic mass is 32.2. The molecule has 3 nitrogen and oxygen atoms in total. The van der Waals surface area contributed by atoms with Gasteiger partial charge in [0.15, 0.2) is 0 Å². The number of hydrogen-bond acceptors (Lipinski definition) is 4. The lowest BCUT2D eigenvalue weighted by Crippen LogP contribution is -2.42. The average Bonchev–Trinajstić information content (AvgIpc) is 2.68. The SMILES string of the molecule is CCC1NC(CC(C)C)C(=O)N1CC1CSCCS1. The van der Waals surface area contributed by atoms with Crippen molar-refractivity contribution in [2.24, 2.45) is 5.92 Å². The van der Waals surface area contributed by atoms with E-state index in [4.69, 9.17) is 0 Å². The number of carbonyl (C=O) groups excluding carboxylic acids is 1. The molecule has 1 N–H and O–H groups in total. The summed E-state index contributed by atoms with van der Waals surface area (Å²) in [5, 5.41) is 4.14. The average molecular weight is 303 g/mol. The summed E-state index contributed by atoms with van der Waals surface area (Å²) in [5.74, 6) is 4.59. The maximum absolute atomic E-state index is 12.5. The topological polar surface area (TPSA) is 32.3 Å². The quantitative estimate of drug-likeness (QED) is 0.845. The van der Waals surface area contributed by atoms with E-state index in [2.05, 4.69) is 31.0 Å². The second-order valence-corrected chi connectivity index (χ2v) is 8.39. The lowest BCUT2D eigenvalue weighted by molar-refractivity contribution is -0.130. The van der Waals surface area contributed by atoms with Crippen LogP contribution in [0.15, 0.2) is 0 Å². The number of thioether (sulfide) groups is 2. The molecule has 0 bridgehead atoms. The van der Waals surface area contributed by atoms with Crippen LogP contribution in [0.1, 0.15) is 33.6 Å². The van der Waals surface area contributed by atoms with E-state index in [1.165, 1.54) is 17.3 Å². The third-order valence-corrected chi connectivity index (χ3v) is 6.56. The van der Waals surface area contributed by atoms with Crippen LogP contribution in [0.2, 0.25) is 0 Å². The monoisotopic (exact) mass is 302 g/mol. The van der Waals surface area contributed by atoms with E-state index < -0.39 is 0 Å². The van der Waals surface area contributed by atoms with Gasteiger partial charge in [0.05, 0.1) is 12.2 Å². The highest BCUT2D eigenvalue weighted by Gasteiger charge is 2.39. The third-order valence-electron chi connectivity index (χ3n) is 3.73. The van der Waals surface area contributed by atoms with Crippen LogP contribution < -0.4 is 5.32 Å². The minimum Gasteiger partial charge on any atom is -0.325 e. The predicted molar refractivity (Wildman–Crippen MR) is 85.7 cm³/mol. The van der Waals surface area contributed by atoms with Gasteiger partial charge < -0.3 is 4.90 Å². The van der Waals surface area contributed by atoms with Gasteiger partial charge in [0, 0.05) is 29.1 Å². The molecule has 110 valence electrons. The molecule has 1 amide bonds. The normalized spacial score (nSPS) is 32.3. The maximum Gasteiger partial charge on any atom is 0.241 e. The Kier molecular flexibility index (Phi) is 5.90. The van der Waals surface area contributed by atoms with E-state index in [1.54, 1.807) is 0 Å². The molecule has 0 spiro atoms. The molecule has 0 saturated carbocycles. The minimum absolute atomic E-state index is 0.0474. The van der Waals surface area contributed by atoms with Crippen LogP contribution in [-0.4, -0.2) is 52.1 Å². The largest absolute Gasteiger partial charge is 0.325 e. The standard InChI is InChI=1S/C14H26N2OS2/c1-4-13-15-12(7-10(2)3)14(17)16(13)8-11-9-18-5-6-19-11/h10-13,15H,4-9H2,1-3H3. The van der Waals surface area contributed by atoms with Crippen molar-refractivity contribution in [3.8, 4) is 0 Å². The van der Waals surface area contributed by atoms with Crippen molar-refractivity contribution in [2.45, 2.75) is 51.1 Å². The van der Waals surface area contributed by atoms with Gasteiger partial charge in [-0.3, -0.25) is 10.1 Å². The molecule has 0 radical (unpaired) electrons. The zero-order valence-electron chi connectivity index (χ0n) is 12.2. The first-order valence-electron chi connectivity index (χ1n) is 7.37. The Morgan fingerprint density at radius 3 is 2.79 bits per heavy atom. The number of carbonyl (C=O) groups is 1. The second kappa shape index (κ2) is 7.23. The number of amides is 1. The van der Waals surface area contributed by atoms with Gasteiger partial charge in [0.25, 0.3) is 0 Å². The zero-order valence-corrected chi connectivity index (χ0v) is 13.9. The molecule has 2 aliphatic heterocycles. The molecule has 0 aromatic rings. The summed E-state index contributed by atoms with van der Waals surface area (Å²) < 4.78 is 0. The van der Waals surface area contributed by atoms with Crippen molar-refractivity contribution in [3.63, 3.8) is 0 Å². The lowest BCUT2D eigenvalue weighted by atomic mass is 10.0. The van der Waals surface area contributed by atoms with Gasteiger partial charge in [-0.1, -0.05) is 20.8 Å². The van der Waals surface area contributed by atoms with Crippen LogP contribution in [0.3, 0.4) is 0 Å². The van der Waals surface area contributed by atoms with Gasteiger partial charge in [-0.05, 0) is 18.8 Å². The molecule has 3 atom stereocenters. The van der Waals surface area contributed by atoms with Gasteiger partial charge in [-0.25, -0.2) is 0 Å². The maximum atomic E-state index is 12.5. The summed E-state index contributed by atoms with van der Waals surface area (Å²) in [4.78, 5) is 14.6. The van der Waals surface area contributed by atoms with Crippen molar-refractivity contribution < 1.29 is 4.79 Å². The van der Waals surface area contributed by atoms with E-state index in [0.717, 1.165) is 19.4 Å². The van der Waals surface area contributed by atoms with Gasteiger partial charge in [-0.2, -0.15) is 23.5 Å². The molecule has 2 fully saturated rings. The Morgan fingerprint density at radius 1 is 1.42 bits per heavy atom. The van der Waals surface area contributed by atoms with Crippen molar-refractivity contribution in [1.29, 1.82) is 0 Å². The molecular weight excluding hydrogens is 276 g/mol. The first-order chi connectivity index (χ1) is 9.11. The zero-order chi connectivity index (χ0) is 13.8. The number of nitrogens with one attached hydrogen (secondary N) is 1. The summed E-state index contributed by atoms with van der Waals surface area (Å²) in [7, 11) is 0. The molecule has 0 aromatic carbocycles. The van der Waals surface area contributed by atoms with E-state index in [1.807, 2.05) is 23.5 Å². The van der Waals surface area contributed by atoms with Crippen LogP contribution in [-0.2, 0) is 4.79 Å². The molecule has 0 aliphatic carbocycles. The summed E-state index contributed by atoms with van der Waals surface area (Å²) in [6.07, 6.45) is 2.22. The van der Waals surface area contributed by atoms with Gasteiger partial charge >= 0.3 is 0 Å². The van der Waals surface area contributed by atoms with Crippen LogP contribution >= 0.6 is 23.5 Å². The molecule has 2 heterocycles. The van der Waals surface area contributed by atoms with Crippen LogP contribution in [0.4, 0.5) is 0 Å². The van der Waals surface area contributed by atoms with Gasteiger partial charge in [0.1, 0.15) is 0 Å². The third kappa shape index (κ3) is 4.05. The highest BCUT2D eigenvalue weighted by Crippen LogP contribution is 2.27. The number of hydrogen-bond donors (Lipinski definition) is 1. The summed E-state index contributed by atoms with van der Waals surface area (Å²) in [6.45, 7) is 7.47. The van der Waals surface area contributed by atoms with E-state index in [0.29, 0.717) is 17.1 Å². The van der Waals surface area contributed by atoms with E-state index in [-0.39, 0.29) is 12.2 Å². The Bertz CT molecular complexity index is 306. The fraction of sp³-hybridized carbons (Fsp3) is 0.929. The highest BCUT2D eigenvalue weighted by molar-refractivity contribution is 8.06. The molecule has 19 heavy (non-hydrogen) atoms. The van der Waals surface area contributed by atoms with Crippen molar-refractivity contribution in [3.05, 3.63) is 0 Å². The van der Waals surface area contributed by atoms with Crippen molar-refractivity contribution >= 4 is 29.4 Å². The Morgan fingerprint density at radius 2 is 2.21 bits per heavy atom. The summed E-state index contributed by atoms with van der Waals surface area (Å²) in [6, 6.07) is 0.0474. The van der Waals surface area contributed by atoms with E-state index >= 15 is 0 Å². The molecule has 2 saturated heterocycles. The van der Waals surface area contributed by atoms with E-state index in [9.17, 15) is 4.79 Å². The smallest absolute Gasteiger partial charge is 0.241 e. The summed E-state index contributed by atoms with van der Waals surface area (Å²) >= 11 is 4.07. The predicted octanol–water partition coefficient (Wildman–Crippen LogP) is 2.42. The first-order valence-corrected chi connectivity index (χ1v) is 9.58. The molecule has 2 rings (SSSR count). The fourth-order valence-electron chi connectivity index (χ4n) is 2.80. The molecular formula is C14H26N2OS2. The molecule has 2 aliphatic rings. The van der Waals surface area contributed by atoms with Crippen molar-refractivity contribution in [2.75, 3.05) is 23.8 Å². The molecule has 5 heteroatoms. The van der Waals surface area contributed by atoms with Crippen LogP contribution in [0.5, 0.6) is 0 Å². The van der Waals surface area contributed by atoms with Crippen molar-refractivity contribution in [1.82, 2.24) is 10.2 Å². The number of nitrogens with zero attached hydrogens (tertiary/aromatic N) is 1.